The molecule has 1 amide bonds. The molecule has 1 N–H and O–H groups in total. The standard InChI is InChI=1S/C14H14ClN5O/c15-12-9-18-19(10-12)7-4-14(21)16-8-11-2-1-6-20-13(11)3-5-17-20/h1-3,5-6,9-10H,4,7-8H2,(H,16,21). The van der Waals surface area contributed by atoms with Gasteiger partial charge in [-0.2, -0.15) is 10.2 Å². The van der Waals surface area contributed by atoms with Crippen molar-refractivity contribution < 1.29 is 4.79 Å². The molecule has 0 radical (unpaired) electrons. The van der Waals surface area contributed by atoms with Gasteiger partial charge < -0.3 is 5.32 Å². The van der Waals surface area contributed by atoms with E-state index >= 15 is 0 Å². The maximum atomic E-state index is 11.9. The van der Waals surface area contributed by atoms with Crippen LogP contribution in [-0.4, -0.2) is 25.3 Å². The minimum absolute atomic E-state index is 0.0249. The van der Waals surface area contributed by atoms with Crippen LogP contribution in [0.15, 0.2) is 43.0 Å². The van der Waals surface area contributed by atoms with Crippen molar-refractivity contribution in [1.29, 1.82) is 0 Å². The number of hydrogen-bond acceptors (Lipinski definition) is 3. The molecule has 0 atom stereocenters. The van der Waals surface area contributed by atoms with Crippen molar-refractivity contribution in [1.82, 2.24) is 24.7 Å². The Labute approximate surface area is 126 Å². The van der Waals surface area contributed by atoms with E-state index in [9.17, 15) is 4.79 Å². The number of pyridine rings is 1. The van der Waals surface area contributed by atoms with Gasteiger partial charge >= 0.3 is 0 Å². The lowest BCUT2D eigenvalue weighted by Gasteiger charge is -2.07. The van der Waals surface area contributed by atoms with E-state index < -0.39 is 0 Å². The second-order valence-corrected chi connectivity index (χ2v) is 5.08. The summed E-state index contributed by atoms with van der Waals surface area (Å²) in [6.07, 6.45) is 7.23. The van der Waals surface area contributed by atoms with Crippen LogP contribution >= 0.6 is 11.6 Å². The molecule has 0 bridgehead atoms. The first-order valence-corrected chi connectivity index (χ1v) is 6.96. The molecular formula is C14H14ClN5O. The number of rotatable bonds is 5. The highest BCUT2D eigenvalue weighted by Crippen LogP contribution is 2.09. The van der Waals surface area contributed by atoms with Gasteiger partial charge in [0.25, 0.3) is 0 Å². The Bertz CT molecular complexity index is 763. The highest BCUT2D eigenvalue weighted by Gasteiger charge is 2.05. The molecule has 108 valence electrons. The average molecular weight is 304 g/mol. The van der Waals surface area contributed by atoms with Gasteiger partial charge in [-0.05, 0) is 17.7 Å². The highest BCUT2D eigenvalue weighted by molar-refractivity contribution is 6.30. The Morgan fingerprint density at radius 3 is 3.05 bits per heavy atom. The Balaban J connectivity index is 1.55. The predicted octanol–water partition coefficient (Wildman–Crippen LogP) is 1.89. The van der Waals surface area contributed by atoms with E-state index in [4.69, 9.17) is 11.6 Å². The number of nitrogens with zero attached hydrogens (tertiary/aromatic N) is 4. The Kier molecular flexibility index (Phi) is 3.87. The zero-order valence-corrected chi connectivity index (χ0v) is 12.0. The second-order valence-electron chi connectivity index (χ2n) is 4.64. The summed E-state index contributed by atoms with van der Waals surface area (Å²) in [7, 11) is 0. The van der Waals surface area contributed by atoms with Crippen molar-refractivity contribution in [3.8, 4) is 0 Å². The molecule has 0 saturated carbocycles. The summed E-state index contributed by atoms with van der Waals surface area (Å²) in [4.78, 5) is 11.9. The topological polar surface area (TPSA) is 64.2 Å². The van der Waals surface area contributed by atoms with E-state index in [1.807, 2.05) is 24.4 Å². The van der Waals surface area contributed by atoms with Gasteiger partial charge in [0.15, 0.2) is 0 Å². The molecule has 7 heteroatoms. The molecule has 0 saturated heterocycles. The second kappa shape index (κ2) is 5.97. The van der Waals surface area contributed by atoms with Crippen LogP contribution in [0.5, 0.6) is 0 Å². The summed E-state index contributed by atoms with van der Waals surface area (Å²) < 4.78 is 3.44. The van der Waals surface area contributed by atoms with Crippen LogP contribution in [-0.2, 0) is 17.9 Å². The van der Waals surface area contributed by atoms with Crippen LogP contribution in [0.1, 0.15) is 12.0 Å². The number of halogens is 1. The lowest BCUT2D eigenvalue weighted by molar-refractivity contribution is -0.121. The lowest BCUT2D eigenvalue weighted by Crippen LogP contribution is -2.24. The van der Waals surface area contributed by atoms with Crippen molar-refractivity contribution in [3.05, 3.63) is 53.6 Å². The Morgan fingerprint density at radius 1 is 1.33 bits per heavy atom. The molecule has 6 nitrogen and oxygen atoms in total. The number of fused-ring (bicyclic) bond motifs is 1. The fourth-order valence-corrected chi connectivity index (χ4v) is 2.28. The summed E-state index contributed by atoms with van der Waals surface area (Å²) >= 11 is 5.77. The fraction of sp³-hybridized carbons (Fsp3) is 0.214. The minimum Gasteiger partial charge on any atom is -0.352 e. The molecule has 0 aromatic carbocycles. The summed E-state index contributed by atoms with van der Waals surface area (Å²) in [5, 5.41) is 11.7. The first kappa shape index (κ1) is 13.6. The summed E-state index contributed by atoms with van der Waals surface area (Å²) in [5.41, 5.74) is 2.03. The first-order valence-electron chi connectivity index (χ1n) is 6.58. The zero-order valence-electron chi connectivity index (χ0n) is 11.2. The largest absolute Gasteiger partial charge is 0.352 e. The molecule has 3 aromatic rings. The molecule has 0 aliphatic rings. The van der Waals surface area contributed by atoms with Crippen LogP contribution in [0, 0.1) is 0 Å². The molecule has 3 rings (SSSR count). The van der Waals surface area contributed by atoms with Gasteiger partial charge in [-0.1, -0.05) is 17.7 Å². The van der Waals surface area contributed by atoms with Crippen molar-refractivity contribution in [3.63, 3.8) is 0 Å². The highest BCUT2D eigenvalue weighted by atomic mass is 35.5. The molecule has 21 heavy (non-hydrogen) atoms. The average Bonchev–Trinajstić information content (AvgIpc) is 3.11. The van der Waals surface area contributed by atoms with Crippen molar-refractivity contribution in [2.24, 2.45) is 0 Å². The van der Waals surface area contributed by atoms with Gasteiger partial charge in [0.1, 0.15) is 0 Å². The third kappa shape index (κ3) is 3.22. The molecule has 3 heterocycles. The maximum Gasteiger partial charge on any atom is 0.222 e. The Morgan fingerprint density at radius 2 is 2.24 bits per heavy atom. The minimum atomic E-state index is -0.0249. The van der Waals surface area contributed by atoms with E-state index in [1.54, 1.807) is 27.8 Å². The molecule has 0 unspecified atom stereocenters. The van der Waals surface area contributed by atoms with Crippen LogP contribution in [0.4, 0.5) is 0 Å². The number of carbonyl (C=O) groups is 1. The molecular weight excluding hydrogens is 290 g/mol. The third-order valence-corrected chi connectivity index (χ3v) is 3.36. The normalized spacial score (nSPS) is 10.9. The summed E-state index contributed by atoms with van der Waals surface area (Å²) in [6.45, 7) is 0.990. The van der Waals surface area contributed by atoms with Crippen molar-refractivity contribution in [2.75, 3.05) is 0 Å². The first-order chi connectivity index (χ1) is 10.2. The maximum absolute atomic E-state index is 11.9. The predicted molar refractivity (Wildman–Crippen MR) is 78.9 cm³/mol. The van der Waals surface area contributed by atoms with Crippen LogP contribution in [0.2, 0.25) is 5.02 Å². The number of aromatic nitrogens is 4. The van der Waals surface area contributed by atoms with Gasteiger partial charge in [0, 0.05) is 38.1 Å². The monoisotopic (exact) mass is 303 g/mol. The molecule has 0 spiro atoms. The Hall–Kier alpha value is -2.34. The SMILES string of the molecule is O=C(CCn1cc(Cl)cn1)NCc1cccn2nccc12. The summed E-state index contributed by atoms with van der Waals surface area (Å²) in [5.74, 6) is -0.0249. The number of aryl methyl sites for hydroxylation is 1. The van der Waals surface area contributed by atoms with E-state index in [2.05, 4.69) is 15.5 Å². The van der Waals surface area contributed by atoms with Gasteiger partial charge in [0.05, 0.1) is 16.7 Å². The molecule has 3 aromatic heterocycles. The zero-order chi connectivity index (χ0) is 14.7. The van der Waals surface area contributed by atoms with Gasteiger partial charge in [-0.25, -0.2) is 4.52 Å². The van der Waals surface area contributed by atoms with Crippen LogP contribution < -0.4 is 5.32 Å². The van der Waals surface area contributed by atoms with Crippen LogP contribution in [0.3, 0.4) is 0 Å². The number of carbonyl (C=O) groups excluding carboxylic acids is 1. The van der Waals surface area contributed by atoms with Crippen LogP contribution in [0.25, 0.3) is 5.52 Å². The number of nitrogens with one attached hydrogen (secondary N) is 1. The number of amides is 1. The van der Waals surface area contributed by atoms with Gasteiger partial charge in [-0.15, -0.1) is 0 Å². The summed E-state index contributed by atoms with van der Waals surface area (Å²) in [6, 6.07) is 5.81. The van der Waals surface area contributed by atoms with Gasteiger partial charge in [0.2, 0.25) is 5.91 Å². The van der Waals surface area contributed by atoms with E-state index in [-0.39, 0.29) is 5.91 Å². The van der Waals surface area contributed by atoms with E-state index in [0.29, 0.717) is 24.5 Å². The van der Waals surface area contributed by atoms with Gasteiger partial charge in [-0.3, -0.25) is 9.48 Å². The van der Waals surface area contributed by atoms with Crippen molar-refractivity contribution in [2.45, 2.75) is 19.5 Å². The van der Waals surface area contributed by atoms with E-state index in [1.165, 1.54) is 0 Å². The fourth-order valence-electron chi connectivity index (χ4n) is 2.12. The van der Waals surface area contributed by atoms with Crippen molar-refractivity contribution >= 4 is 23.0 Å². The quantitative estimate of drug-likeness (QED) is 0.783. The smallest absolute Gasteiger partial charge is 0.222 e. The molecule has 0 fully saturated rings. The molecule has 0 aliphatic heterocycles. The lowest BCUT2D eigenvalue weighted by atomic mass is 10.2. The van der Waals surface area contributed by atoms with E-state index in [0.717, 1.165) is 11.1 Å². The third-order valence-electron chi connectivity index (χ3n) is 3.17. The number of hydrogen-bond donors (Lipinski definition) is 1. The molecule has 0 aliphatic carbocycles.